The van der Waals surface area contributed by atoms with Gasteiger partial charge in [-0.25, -0.2) is 8.42 Å². The summed E-state index contributed by atoms with van der Waals surface area (Å²) in [5.41, 5.74) is -0.632. The molecule has 0 saturated carbocycles. The van der Waals surface area contributed by atoms with Gasteiger partial charge in [0.05, 0.1) is 6.07 Å². The third-order valence-electron chi connectivity index (χ3n) is 3.59. The van der Waals surface area contributed by atoms with Crippen LogP contribution in [0.5, 0.6) is 0 Å². The minimum Gasteiger partial charge on any atom is -0.301 e. The van der Waals surface area contributed by atoms with E-state index >= 15 is 0 Å². The van der Waals surface area contributed by atoms with Crippen molar-refractivity contribution in [2.75, 3.05) is 13.1 Å². The van der Waals surface area contributed by atoms with E-state index in [1.807, 2.05) is 6.07 Å². The monoisotopic (exact) mass is 295 g/mol. The predicted octanol–water partition coefficient (Wildman–Crippen LogP) is 0.792. The van der Waals surface area contributed by atoms with Gasteiger partial charge in [-0.1, -0.05) is 6.92 Å². The Morgan fingerprint density at radius 3 is 2.65 bits per heavy atom. The van der Waals surface area contributed by atoms with E-state index in [-0.39, 0.29) is 11.4 Å². The average Bonchev–Trinajstić information content (AvgIpc) is 2.41. The summed E-state index contributed by atoms with van der Waals surface area (Å²) < 4.78 is 27.5. The van der Waals surface area contributed by atoms with E-state index in [2.05, 4.69) is 6.92 Å². The van der Waals surface area contributed by atoms with Gasteiger partial charge in [0.15, 0.2) is 0 Å². The van der Waals surface area contributed by atoms with Crippen LogP contribution in [0.4, 0.5) is 0 Å². The molecule has 0 bridgehead atoms. The van der Waals surface area contributed by atoms with Crippen molar-refractivity contribution in [3.63, 3.8) is 0 Å². The van der Waals surface area contributed by atoms with Crippen LogP contribution in [0.2, 0.25) is 0 Å². The molecule has 0 unspecified atom stereocenters. The molecule has 20 heavy (non-hydrogen) atoms. The largest absolute Gasteiger partial charge is 0.301 e. The van der Waals surface area contributed by atoms with E-state index in [4.69, 9.17) is 5.26 Å². The number of hydrogen-bond acceptors (Lipinski definition) is 4. The molecular weight excluding hydrogens is 278 g/mol. The first kappa shape index (κ1) is 14.8. The SMILES string of the molecule is CC1CCN(S(=O)(=O)c2cccn(CC#N)c2=O)CC1. The molecule has 0 atom stereocenters. The molecule has 1 aromatic heterocycles. The zero-order valence-corrected chi connectivity index (χ0v) is 12.1. The number of rotatable bonds is 3. The fourth-order valence-corrected chi connectivity index (χ4v) is 3.83. The summed E-state index contributed by atoms with van der Waals surface area (Å²) in [7, 11) is -3.77. The zero-order chi connectivity index (χ0) is 14.8. The highest BCUT2D eigenvalue weighted by atomic mass is 32.2. The lowest BCUT2D eigenvalue weighted by Crippen LogP contribution is -2.40. The van der Waals surface area contributed by atoms with Crippen LogP contribution in [0, 0.1) is 17.2 Å². The van der Waals surface area contributed by atoms with Crippen LogP contribution >= 0.6 is 0 Å². The fraction of sp³-hybridized carbons (Fsp3) is 0.538. The number of sulfonamides is 1. The lowest BCUT2D eigenvalue weighted by Gasteiger charge is -2.29. The van der Waals surface area contributed by atoms with E-state index in [0.29, 0.717) is 19.0 Å². The van der Waals surface area contributed by atoms with Gasteiger partial charge in [0, 0.05) is 19.3 Å². The molecule has 0 radical (unpaired) electrons. The maximum Gasteiger partial charge on any atom is 0.271 e. The first-order valence-corrected chi connectivity index (χ1v) is 7.97. The topological polar surface area (TPSA) is 83.2 Å². The van der Waals surface area contributed by atoms with Crippen LogP contribution in [0.1, 0.15) is 19.8 Å². The summed E-state index contributed by atoms with van der Waals surface area (Å²) in [5, 5.41) is 8.65. The lowest BCUT2D eigenvalue weighted by atomic mass is 10.0. The molecular formula is C13H17N3O3S. The third kappa shape index (κ3) is 2.76. The number of hydrogen-bond donors (Lipinski definition) is 0. The molecule has 108 valence electrons. The lowest BCUT2D eigenvalue weighted by molar-refractivity contribution is 0.287. The maximum atomic E-state index is 12.5. The van der Waals surface area contributed by atoms with Crippen molar-refractivity contribution < 1.29 is 8.42 Å². The number of nitrogens with zero attached hydrogens (tertiary/aromatic N) is 3. The highest BCUT2D eigenvalue weighted by Crippen LogP contribution is 2.21. The van der Waals surface area contributed by atoms with Gasteiger partial charge >= 0.3 is 0 Å². The van der Waals surface area contributed by atoms with E-state index in [1.165, 1.54) is 22.6 Å². The molecule has 1 aliphatic rings. The third-order valence-corrected chi connectivity index (χ3v) is 5.50. The molecule has 0 N–H and O–H groups in total. The van der Waals surface area contributed by atoms with Gasteiger partial charge in [0.2, 0.25) is 10.0 Å². The molecule has 0 spiro atoms. The summed E-state index contributed by atoms with van der Waals surface area (Å²) in [4.78, 5) is 11.9. The van der Waals surface area contributed by atoms with E-state index in [1.54, 1.807) is 0 Å². The number of nitriles is 1. The highest BCUT2D eigenvalue weighted by Gasteiger charge is 2.30. The van der Waals surface area contributed by atoms with Crippen molar-refractivity contribution in [2.24, 2.45) is 5.92 Å². The number of piperidine rings is 1. The Morgan fingerprint density at radius 1 is 1.40 bits per heavy atom. The van der Waals surface area contributed by atoms with Gasteiger partial charge in [-0.15, -0.1) is 0 Å². The van der Waals surface area contributed by atoms with Gasteiger partial charge in [-0.3, -0.25) is 4.79 Å². The zero-order valence-electron chi connectivity index (χ0n) is 11.3. The molecule has 6 nitrogen and oxygen atoms in total. The van der Waals surface area contributed by atoms with Crippen molar-refractivity contribution in [2.45, 2.75) is 31.2 Å². The Morgan fingerprint density at radius 2 is 2.05 bits per heavy atom. The Hall–Kier alpha value is -1.65. The van der Waals surface area contributed by atoms with Crippen LogP contribution in [0.25, 0.3) is 0 Å². The van der Waals surface area contributed by atoms with E-state index in [0.717, 1.165) is 17.4 Å². The van der Waals surface area contributed by atoms with Crippen LogP contribution in [-0.4, -0.2) is 30.4 Å². The van der Waals surface area contributed by atoms with Crippen molar-refractivity contribution >= 4 is 10.0 Å². The Balaban J connectivity index is 2.38. The van der Waals surface area contributed by atoms with E-state index in [9.17, 15) is 13.2 Å². The first-order valence-electron chi connectivity index (χ1n) is 6.53. The summed E-state index contributed by atoms with van der Waals surface area (Å²) in [5.74, 6) is 0.507. The number of pyridine rings is 1. The second-order valence-electron chi connectivity index (χ2n) is 5.05. The fourth-order valence-electron chi connectivity index (χ4n) is 2.28. The van der Waals surface area contributed by atoms with Crippen LogP contribution in [0.15, 0.2) is 28.0 Å². The van der Waals surface area contributed by atoms with Crippen molar-refractivity contribution in [3.8, 4) is 6.07 Å². The Kier molecular flexibility index (Phi) is 4.26. The van der Waals surface area contributed by atoms with Gasteiger partial charge in [0.25, 0.3) is 5.56 Å². The summed E-state index contributed by atoms with van der Waals surface area (Å²) >= 11 is 0. The van der Waals surface area contributed by atoms with Crippen molar-refractivity contribution in [3.05, 3.63) is 28.7 Å². The molecule has 0 amide bonds. The van der Waals surface area contributed by atoms with Gasteiger partial charge in [0.1, 0.15) is 11.4 Å². The Bertz CT molecular complexity index is 680. The molecule has 7 heteroatoms. The second kappa shape index (κ2) is 5.77. The molecule has 0 aromatic carbocycles. The summed E-state index contributed by atoms with van der Waals surface area (Å²) in [6.45, 7) is 2.82. The summed E-state index contributed by atoms with van der Waals surface area (Å²) in [6.07, 6.45) is 3.03. The van der Waals surface area contributed by atoms with E-state index < -0.39 is 15.6 Å². The molecule has 1 aliphatic heterocycles. The van der Waals surface area contributed by atoms with Crippen LogP contribution < -0.4 is 5.56 Å². The molecule has 1 fully saturated rings. The predicted molar refractivity (Wildman–Crippen MR) is 73.5 cm³/mol. The normalized spacial score (nSPS) is 17.8. The van der Waals surface area contributed by atoms with Crippen molar-refractivity contribution in [1.82, 2.24) is 8.87 Å². The van der Waals surface area contributed by atoms with Crippen molar-refractivity contribution in [1.29, 1.82) is 5.26 Å². The molecule has 0 aliphatic carbocycles. The maximum absolute atomic E-state index is 12.5. The average molecular weight is 295 g/mol. The smallest absolute Gasteiger partial charge is 0.271 e. The van der Waals surface area contributed by atoms with Crippen LogP contribution in [0.3, 0.4) is 0 Å². The van der Waals surface area contributed by atoms with Gasteiger partial charge < -0.3 is 4.57 Å². The minimum atomic E-state index is -3.77. The summed E-state index contributed by atoms with van der Waals surface area (Å²) in [6, 6.07) is 4.64. The standard InChI is InChI=1S/C13H17N3O3S/c1-11-4-8-16(9-5-11)20(18,19)12-3-2-7-15(10-6-14)13(12)17/h2-3,7,11H,4-5,8-10H2,1H3. The van der Waals surface area contributed by atoms with Gasteiger partial charge in [-0.05, 0) is 30.9 Å². The molecule has 2 rings (SSSR count). The molecule has 2 heterocycles. The first-order chi connectivity index (χ1) is 9.46. The quantitative estimate of drug-likeness (QED) is 0.825. The van der Waals surface area contributed by atoms with Gasteiger partial charge in [-0.2, -0.15) is 9.57 Å². The second-order valence-corrected chi connectivity index (χ2v) is 6.96. The number of aromatic nitrogens is 1. The Labute approximate surface area is 118 Å². The molecule has 1 saturated heterocycles. The minimum absolute atomic E-state index is 0.154. The van der Waals surface area contributed by atoms with Crippen LogP contribution in [-0.2, 0) is 16.6 Å². The highest BCUT2D eigenvalue weighted by molar-refractivity contribution is 7.89. The molecule has 1 aromatic rings.